The maximum atomic E-state index is 11.6. The lowest BCUT2D eigenvalue weighted by molar-refractivity contribution is -0.143. The second-order valence-corrected chi connectivity index (χ2v) is 6.87. The number of carbonyl (C=O) groups is 1. The Bertz CT molecular complexity index is 304. The minimum absolute atomic E-state index is 0.00271. The standard InChI is InChI=1S/C22H40O2/c1-3-5-7-9-11-12-13-15-17-19-21-24-22(23)20-18-16-14-10-8-6-4-2/h1H,4-21H2,2H3. The van der Waals surface area contributed by atoms with Gasteiger partial charge in [-0.15, -0.1) is 12.3 Å². The minimum atomic E-state index is -0.00271. The first kappa shape index (κ1) is 23.0. The Morgan fingerprint density at radius 1 is 0.750 bits per heavy atom. The molecule has 0 aliphatic rings. The summed E-state index contributed by atoms with van der Waals surface area (Å²) in [5.41, 5.74) is 0. The lowest BCUT2D eigenvalue weighted by atomic mass is 10.1. The summed E-state index contributed by atoms with van der Waals surface area (Å²) in [6.07, 6.45) is 25.2. The summed E-state index contributed by atoms with van der Waals surface area (Å²) in [4.78, 5) is 11.6. The van der Waals surface area contributed by atoms with Gasteiger partial charge in [0, 0.05) is 12.8 Å². The number of hydrogen-bond acceptors (Lipinski definition) is 2. The van der Waals surface area contributed by atoms with Gasteiger partial charge in [-0.1, -0.05) is 84.0 Å². The quantitative estimate of drug-likeness (QED) is 0.156. The molecule has 0 aliphatic heterocycles. The highest BCUT2D eigenvalue weighted by Crippen LogP contribution is 2.11. The van der Waals surface area contributed by atoms with Crippen LogP contribution in [0.3, 0.4) is 0 Å². The molecule has 0 aromatic carbocycles. The van der Waals surface area contributed by atoms with Crippen LogP contribution in [0.4, 0.5) is 0 Å². The van der Waals surface area contributed by atoms with Crippen LogP contribution in [0.25, 0.3) is 0 Å². The van der Waals surface area contributed by atoms with E-state index < -0.39 is 0 Å². The number of carbonyl (C=O) groups excluding carboxylic acids is 1. The van der Waals surface area contributed by atoms with Crippen LogP contribution in [-0.2, 0) is 9.53 Å². The molecule has 0 rings (SSSR count). The third kappa shape index (κ3) is 19.1. The molecule has 0 saturated heterocycles. The third-order valence-electron chi connectivity index (χ3n) is 4.46. The summed E-state index contributed by atoms with van der Waals surface area (Å²) in [5, 5.41) is 0. The van der Waals surface area contributed by atoms with E-state index in [-0.39, 0.29) is 5.97 Å². The highest BCUT2D eigenvalue weighted by atomic mass is 16.5. The van der Waals surface area contributed by atoms with Crippen LogP contribution >= 0.6 is 0 Å². The van der Waals surface area contributed by atoms with Gasteiger partial charge < -0.3 is 4.74 Å². The van der Waals surface area contributed by atoms with Gasteiger partial charge in [0.15, 0.2) is 0 Å². The normalized spacial score (nSPS) is 10.5. The van der Waals surface area contributed by atoms with E-state index in [1.54, 1.807) is 0 Å². The summed E-state index contributed by atoms with van der Waals surface area (Å²) in [5.74, 6) is 2.68. The van der Waals surface area contributed by atoms with Crippen LogP contribution in [0.5, 0.6) is 0 Å². The number of hydrogen-bond donors (Lipinski definition) is 0. The zero-order valence-corrected chi connectivity index (χ0v) is 16.1. The minimum Gasteiger partial charge on any atom is -0.466 e. The van der Waals surface area contributed by atoms with Crippen molar-refractivity contribution in [1.29, 1.82) is 0 Å². The summed E-state index contributed by atoms with van der Waals surface area (Å²) in [6, 6.07) is 0. The largest absolute Gasteiger partial charge is 0.466 e. The first-order valence-electron chi connectivity index (χ1n) is 10.4. The Morgan fingerprint density at radius 2 is 1.25 bits per heavy atom. The van der Waals surface area contributed by atoms with Gasteiger partial charge in [0.2, 0.25) is 0 Å². The lowest BCUT2D eigenvalue weighted by Crippen LogP contribution is -2.05. The average molecular weight is 337 g/mol. The predicted octanol–water partition coefficient (Wildman–Crippen LogP) is 6.81. The van der Waals surface area contributed by atoms with Crippen molar-refractivity contribution in [2.45, 2.75) is 116 Å². The predicted molar refractivity (Wildman–Crippen MR) is 104 cm³/mol. The molecule has 0 bridgehead atoms. The van der Waals surface area contributed by atoms with Crippen LogP contribution in [0.2, 0.25) is 0 Å². The molecule has 0 aromatic heterocycles. The SMILES string of the molecule is C#CCCCCCCCCCCOC(=O)CCCCCCCCC. The average Bonchev–Trinajstić information content (AvgIpc) is 2.59. The Balaban J connectivity index is 3.14. The molecule has 2 heteroatoms. The Labute approximate surface area is 151 Å². The Kier molecular flexibility index (Phi) is 19.3. The fourth-order valence-electron chi connectivity index (χ4n) is 2.87. The molecule has 0 amide bonds. The van der Waals surface area contributed by atoms with E-state index in [0.717, 1.165) is 19.3 Å². The van der Waals surface area contributed by atoms with E-state index >= 15 is 0 Å². The smallest absolute Gasteiger partial charge is 0.305 e. The highest BCUT2D eigenvalue weighted by Gasteiger charge is 2.02. The number of esters is 1. The highest BCUT2D eigenvalue weighted by molar-refractivity contribution is 5.69. The van der Waals surface area contributed by atoms with E-state index in [9.17, 15) is 4.79 Å². The maximum absolute atomic E-state index is 11.6. The zero-order valence-electron chi connectivity index (χ0n) is 16.1. The molecule has 0 fully saturated rings. The molecule has 0 heterocycles. The maximum Gasteiger partial charge on any atom is 0.305 e. The van der Waals surface area contributed by atoms with Crippen LogP contribution < -0.4 is 0 Å². The van der Waals surface area contributed by atoms with Crippen molar-refractivity contribution in [2.24, 2.45) is 0 Å². The van der Waals surface area contributed by atoms with Crippen LogP contribution in [0.15, 0.2) is 0 Å². The van der Waals surface area contributed by atoms with Gasteiger partial charge in [0.1, 0.15) is 0 Å². The zero-order chi connectivity index (χ0) is 17.7. The van der Waals surface area contributed by atoms with Gasteiger partial charge in [0.25, 0.3) is 0 Å². The molecule has 0 spiro atoms. The second-order valence-electron chi connectivity index (χ2n) is 6.87. The first-order valence-corrected chi connectivity index (χ1v) is 10.4. The molecule has 140 valence electrons. The monoisotopic (exact) mass is 336 g/mol. The lowest BCUT2D eigenvalue weighted by Gasteiger charge is -2.05. The van der Waals surface area contributed by atoms with Gasteiger partial charge in [0.05, 0.1) is 6.61 Å². The van der Waals surface area contributed by atoms with Gasteiger partial charge in [-0.25, -0.2) is 0 Å². The van der Waals surface area contributed by atoms with Gasteiger partial charge in [-0.05, 0) is 19.3 Å². The van der Waals surface area contributed by atoms with Crippen LogP contribution in [-0.4, -0.2) is 12.6 Å². The van der Waals surface area contributed by atoms with Gasteiger partial charge >= 0.3 is 5.97 Å². The first-order chi connectivity index (χ1) is 11.8. The number of unbranched alkanes of at least 4 members (excludes halogenated alkanes) is 14. The van der Waals surface area contributed by atoms with Crippen molar-refractivity contribution >= 4 is 5.97 Å². The van der Waals surface area contributed by atoms with Crippen LogP contribution in [0.1, 0.15) is 116 Å². The van der Waals surface area contributed by atoms with Gasteiger partial charge in [-0.2, -0.15) is 0 Å². The molecule has 0 radical (unpaired) electrons. The van der Waals surface area contributed by atoms with Crippen molar-refractivity contribution in [3.63, 3.8) is 0 Å². The third-order valence-corrected chi connectivity index (χ3v) is 4.46. The van der Waals surface area contributed by atoms with E-state index in [1.165, 1.54) is 83.5 Å². The topological polar surface area (TPSA) is 26.3 Å². The Morgan fingerprint density at radius 3 is 1.83 bits per heavy atom. The molecular formula is C22H40O2. The molecule has 2 nitrogen and oxygen atoms in total. The summed E-state index contributed by atoms with van der Waals surface area (Å²) in [6.45, 7) is 2.84. The Hall–Kier alpha value is -0.970. The van der Waals surface area contributed by atoms with Crippen molar-refractivity contribution in [1.82, 2.24) is 0 Å². The van der Waals surface area contributed by atoms with Crippen molar-refractivity contribution < 1.29 is 9.53 Å². The van der Waals surface area contributed by atoms with Crippen molar-refractivity contribution in [2.75, 3.05) is 6.61 Å². The molecule has 0 saturated carbocycles. The molecular weight excluding hydrogens is 296 g/mol. The molecule has 24 heavy (non-hydrogen) atoms. The van der Waals surface area contributed by atoms with E-state index in [0.29, 0.717) is 13.0 Å². The van der Waals surface area contributed by atoms with Crippen LogP contribution in [0, 0.1) is 12.3 Å². The number of ether oxygens (including phenoxy) is 1. The summed E-state index contributed by atoms with van der Waals surface area (Å²) in [7, 11) is 0. The van der Waals surface area contributed by atoms with E-state index in [1.807, 2.05) is 0 Å². The van der Waals surface area contributed by atoms with Crippen molar-refractivity contribution in [3.05, 3.63) is 0 Å². The molecule has 0 N–H and O–H groups in total. The van der Waals surface area contributed by atoms with Crippen molar-refractivity contribution in [3.8, 4) is 12.3 Å². The van der Waals surface area contributed by atoms with E-state index in [2.05, 4.69) is 12.8 Å². The molecule has 0 aliphatic carbocycles. The second kappa shape index (κ2) is 20.1. The van der Waals surface area contributed by atoms with E-state index in [4.69, 9.17) is 11.2 Å². The molecule has 0 unspecified atom stereocenters. The number of terminal acetylenes is 1. The van der Waals surface area contributed by atoms with Gasteiger partial charge in [-0.3, -0.25) is 4.79 Å². The summed E-state index contributed by atoms with van der Waals surface area (Å²) < 4.78 is 5.30. The molecule has 0 aromatic rings. The fraction of sp³-hybridized carbons (Fsp3) is 0.864. The fourth-order valence-corrected chi connectivity index (χ4v) is 2.87. The molecule has 0 atom stereocenters. The number of rotatable bonds is 18. The summed E-state index contributed by atoms with van der Waals surface area (Å²) >= 11 is 0.